The van der Waals surface area contributed by atoms with Crippen molar-refractivity contribution in [3.05, 3.63) is 42.4 Å². The van der Waals surface area contributed by atoms with Crippen molar-refractivity contribution in [2.24, 2.45) is 5.73 Å². The Morgan fingerprint density at radius 1 is 1.39 bits per heavy atom. The summed E-state index contributed by atoms with van der Waals surface area (Å²) in [4.78, 5) is 11.8. The second-order valence-electron chi connectivity index (χ2n) is 4.30. The van der Waals surface area contributed by atoms with E-state index in [1.165, 1.54) is 5.56 Å². The van der Waals surface area contributed by atoms with Crippen LogP contribution < -0.4 is 11.1 Å². The molecular weight excluding hydrogens is 439 g/mol. The topological polar surface area (TPSA) is 55.1 Å². The van der Waals surface area contributed by atoms with Crippen molar-refractivity contribution in [3.63, 3.8) is 0 Å². The third kappa shape index (κ3) is 6.43. The van der Waals surface area contributed by atoms with Crippen molar-refractivity contribution in [1.29, 1.82) is 0 Å². The molecule has 0 saturated heterocycles. The maximum Gasteiger partial charge on any atom is 0.147 e. The van der Waals surface area contributed by atoms with Crippen LogP contribution in [0.2, 0.25) is 0 Å². The minimum Gasteiger partial charge on any atom is -0.464 e. The predicted molar refractivity (Wildman–Crippen MR) is 70.5 cm³/mol. The van der Waals surface area contributed by atoms with Gasteiger partial charge in [-0.25, -0.2) is 0 Å². The van der Waals surface area contributed by atoms with E-state index in [4.69, 9.17) is 5.73 Å². The van der Waals surface area contributed by atoms with Gasteiger partial charge in [0, 0.05) is 56.5 Å². The first kappa shape index (κ1) is 18.3. The number of benzene rings is 1. The first-order valence-corrected chi connectivity index (χ1v) is 5.98. The molecule has 0 aromatic heterocycles. The predicted octanol–water partition coefficient (Wildman–Crippen LogP) is 1.60. The summed E-state index contributed by atoms with van der Waals surface area (Å²) in [6.45, 7) is 2.60. The molecular formula is C14H21AcN2O-. The Kier molecular flexibility index (Phi) is 10.2. The van der Waals surface area contributed by atoms with Gasteiger partial charge in [0.2, 0.25) is 0 Å². The molecule has 18 heavy (non-hydrogen) atoms. The fourth-order valence-electron chi connectivity index (χ4n) is 1.71. The van der Waals surface area contributed by atoms with Crippen LogP contribution in [0.5, 0.6) is 0 Å². The third-order valence-corrected chi connectivity index (χ3v) is 2.82. The average Bonchev–Trinajstić information content (AvgIpc) is 2.35. The zero-order valence-electron chi connectivity index (χ0n) is 11.0. The molecule has 0 amide bonds. The minimum atomic E-state index is -0.204. The summed E-state index contributed by atoms with van der Waals surface area (Å²) >= 11 is 0. The number of ketones is 1. The van der Waals surface area contributed by atoms with Gasteiger partial charge >= 0.3 is 0 Å². The van der Waals surface area contributed by atoms with Gasteiger partial charge in [-0.15, -0.1) is 0 Å². The van der Waals surface area contributed by atoms with Crippen LogP contribution in [0.25, 0.3) is 0 Å². The summed E-state index contributed by atoms with van der Waals surface area (Å²) in [5.74, 6) is 0.186. The molecule has 1 radical (unpaired) electrons. The van der Waals surface area contributed by atoms with Crippen molar-refractivity contribution in [2.75, 3.05) is 6.54 Å². The Morgan fingerprint density at radius 3 is 2.50 bits per heavy atom. The molecule has 1 rings (SSSR count). The number of hydrogen-bond donors (Lipinski definition) is 2. The quantitative estimate of drug-likeness (QED) is 0.608. The number of aryl methyl sites for hydroxylation is 1. The molecule has 3 nitrogen and oxygen atoms in total. The Labute approximate surface area is 145 Å². The fraction of sp³-hybridized carbons (Fsp3) is 0.429. The first-order valence-electron chi connectivity index (χ1n) is 5.98. The van der Waals surface area contributed by atoms with Crippen LogP contribution in [0, 0.1) is 58.0 Å². The smallest absolute Gasteiger partial charge is 0.147 e. The van der Waals surface area contributed by atoms with E-state index in [9.17, 15) is 4.79 Å². The summed E-state index contributed by atoms with van der Waals surface area (Å²) < 4.78 is 0. The van der Waals surface area contributed by atoms with Crippen LogP contribution in [0.4, 0.5) is 0 Å². The Morgan fingerprint density at radius 2 is 2.00 bits per heavy atom. The number of nitrogens with one attached hydrogen (secondary N) is 1. The number of nitrogens with two attached hydrogens (primary N) is 1. The zero-order valence-corrected chi connectivity index (χ0v) is 15.7. The average molecular weight is 460 g/mol. The van der Waals surface area contributed by atoms with Crippen LogP contribution in [0.1, 0.15) is 24.0 Å². The van der Waals surface area contributed by atoms with E-state index >= 15 is 0 Å². The van der Waals surface area contributed by atoms with Crippen molar-refractivity contribution < 1.29 is 48.9 Å². The van der Waals surface area contributed by atoms with E-state index in [0.29, 0.717) is 19.4 Å². The van der Waals surface area contributed by atoms with E-state index in [-0.39, 0.29) is 55.9 Å². The normalized spacial score (nSPS) is 11.7. The first-order chi connectivity index (χ1) is 8.17. The van der Waals surface area contributed by atoms with Gasteiger partial charge in [-0.3, -0.25) is 11.8 Å². The summed E-state index contributed by atoms with van der Waals surface area (Å²) in [6, 6.07) is 8.01. The Bertz CT molecular complexity index is 351. The summed E-state index contributed by atoms with van der Waals surface area (Å²) in [5, 5.41) is 2.83. The molecule has 0 aliphatic rings. The molecule has 0 saturated carbocycles. The summed E-state index contributed by atoms with van der Waals surface area (Å²) in [7, 11) is 3.63. The Hall–Kier alpha value is 0.252. The van der Waals surface area contributed by atoms with Gasteiger partial charge in [-0.05, 0) is 31.9 Å². The van der Waals surface area contributed by atoms with Gasteiger partial charge in [0.25, 0.3) is 0 Å². The second-order valence-corrected chi connectivity index (χ2v) is 4.30. The molecule has 0 aliphatic heterocycles. The fourth-order valence-corrected chi connectivity index (χ4v) is 1.71. The van der Waals surface area contributed by atoms with E-state index < -0.39 is 0 Å². The van der Waals surface area contributed by atoms with Gasteiger partial charge in [0.05, 0.1) is 0 Å². The molecule has 97 valence electrons. The molecule has 0 heterocycles. The van der Waals surface area contributed by atoms with Gasteiger partial charge in [-0.2, -0.15) is 0 Å². The molecule has 4 heteroatoms. The van der Waals surface area contributed by atoms with E-state index in [1.54, 1.807) is 0 Å². The van der Waals surface area contributed by atoms with E-state index in [2.05, 4.69) is 36.6 Å². The molecule has 0 aliphatic carbocycles. The number of rotatable bonds is 7. The van der Waals surface area contributed by atoms with Gasteiger partial charge < -0.3 is 11.1 Å². The molecule has 1 atom stereocenters. The molecule has 0 bridgehead atoms. The number of carbonyl (C=O) groups is 1. The van der Waals surface area contributed by atoms with E-state index in [0.717, 1.165) is 12.0 Å². The van der Waals surface area contributed by atoms with Crippen molar-refractivity contribution in [3.8, 4) is 0 Å². The number of Topliss-reactive ketones (excluding diaryl/α,β-unsaturated/α-hetero) is 1. The second kappa shape index (κ2) is 10.1. The third-order valence-electron chi connectivity index (χ3n) is 2.82. The van der Waals surface area contributed by atoms with Crippen molar-refractivity contribution >= 4 is 5.78 Å². The summed E-state index contributed by atoms with van der Waals surface area (Å²) in [6.07, 6.45) is 1.95. The number of hydrogen-bond acceptors (Lipinski definition) is 3. The largest absolute Gasteiger partial charge is 0.464 e. The van der Waals surface area contributed by atoms with Crippen LogP contribution in [0.15, 0.2) is 24.3 Å². The van der Waals surface area contributed by atoms with Crippen LogP contribution in [0.3, 0.4) is 0 Å². The van der Waals surface area contributed by atoms with Crippen LogP contribution in [-0.4, -0.2) is 18.4 Å². The molecule has 0 spiro atoms. The maximum absolute atomic E-state index is 11.8. The zero-order chi connectivity index (χ0) is 12.7. The van der Waals surface area contributed by atoms with Gasteiger partial charge in [-0.1, -0.05) is 29.8 Å². The minimum absolute atomic E-state index is 0. The van der Waals surface area contributed by atoms with Crippen molar-refractivity contribution in [1.82, 2.24) is 5.32 Å². The molecule has 1 aromatic carbocycles. The molecule has 1 aromatic rings. The SMILES string of the molecule is [Ac].[CH2-]N[C@@H](Cc1ccc(C)cc1)C(=O)CCCN. The monoisotopic (exact) mass is 460 g/mol. The molecule has 0 unspecified atom stereocenters. The van der Waals surface area contributed by atoms with Crippen LogP contribution >= 0.6 is 0 Å². The Balaban J connectivity index is 0.00000289. The molecule has 0 fully saturated rings. The van der Waals surface area contributed by atoms with Crippen LogP contribution in [-0.2, 0) is 11.2 Å². The maximum atomic E-state index is 11.8. The van der Waals surface area contributed by atoms with Gasteiger partial charge in [0.15, 0.2) is 0 Å². The molecule has 3 N–H and O–H groups in total. The number of carbonyl (C=O) groups excluding carboxylic acids is 1. The summed E-state index contributed by atoms with van der Waals surface area (Å²) in [5.41, 5.74) is 7.77. The van der Waals surface area contributed by atoms with E-state index in [1.807, 2.05) is 6.92 Å². The standard InChI is InChI=1S/C14H21N2O.Ac/c1-11-5-7-12(8-6-11)10-13(16-2)14(17)4-3-9-15;/h5-8,13,16H,2-4,9-10,15H2,1H3;/q-1;/t13-;/m0./s1. The van der Waals surface area contributed by atoms with Crippen molar-refractivity contribution in [2.45, 2.75) is 32.2 Å². The van der Waals surface area contributed by atoms with Gasteiger partial charge in [0.1, 0.15) is 5.78 Å².